The highest BCUT2D eigenvalue weighted by Gasteiger charge is 2.40. The second-order valence-electron chi connectivity index (χ2n) is 5.23. The van der Waals surface area contributed by atoms with Crippen LogP contribution in [0.25, 0.3) is 0 Å². The van der Waals surface area contributed by atoms with Crippen molar-refractivity contribution in [1.82, 2.24) is 4.90 Å². The van der Waals surface area contributed by atoms with Crippen LogP contribution in [0, 0.1) is 5.92 Å². The third-order valence-electron chi connectivity index (χ3n) is 4.31. The van der Waals surface area contributed by atoms with Crippen LogP contribution in [0.2, 0.25) is 0 Å². The van der Waals surface area contributed by atoms with Gasteiger partial charge in [-0.15, -0.1) is 0 Å². The Hall–Kier alpha value is -0.380. The molecule has 17 heavy (non-hydrogen) atoms. The van der Waals surface area contributed by atoms with Crippen LogP contribution in [0.5, 0.6) is 0 Å². The van der Waals surface area contributed by atoms with E-state index in [1.807, 2.05) is 6.07 Å². The SMILES string of the molecule is OC1C2CCN(CC2)C1Cc1ccccc1Br. The summed E-state index contributed by atoms with van der Waals surface area (Å²) in [6.07, 6.45) is 3.17. The van der Waals surface area contributed by atoms with E-state index in [9.17, 15) is 5.11 Å². The molecule has 3 heterocycles. The van der Waals surface area contributed by atoms with Crippen LogP contribution in [-0.4, -0.2) is 35.2 Å². The highest BCUT2D eigenvalue weighted by atomic mass is 79.9. The van der Waals surface area contributed by atoms with E-state index in [0.29, 0.717) is 12.0 Å². The Morgan fingerprint density at radius 3 is 2.59 bits per heavy atom. The number of aliphatic hydroxyl groups is 1. The van der Waals surface area contributed by atoms with Crippen molar-refractivity contribution in [3.63, 3.8) is 0 Å². The van der Waals surface area contributed by atoms with Gasteiger partial charge in [0.15, 0.2) is 0 Å². The minimum absolute atomic E-state index is 0.135. The van der Waals surface area contributed by atoms with Crippen molar-refractivity contribution >= 4 is 15.9 Å². The number of piperidine rings is 3. The van der Waals surface area contributed by atoms with E-state index in [1.54, 1.807) is 0 Å². The summed E-state index contributed by atoms with van der Waals surface area (Å²) >= 11 is 3.60. The van der Waals surface area contributed by atoms with E-state index >= 15 is 0 Å². The number of benzene rings is 1. The predicted molar refractivity (Wildman–Crippen MR) is 71.9 cm³/mol. The summed E-state index contributed by atoms with van der Waals surface area (Å²) in [5, 5.41) is 10.4. The molecule has 2 atom stereocenters. The number of nitrogens with zero attached hydrogens (tertiary/aromatic N) is 1. The topological polar surface area (TPSA) is 23.5 Å². The maximum atomic E-state index is 10.4. The molecule has 3 aliphatic heterocycles. The molecule has 3 aliphatic rings. The summed E-state index contributed by atoms with van der Waals surface area (Å²) in [4.78, 5) is 2.46. The number of aliphatic hydroxyl groups excluding tert-OH is 1. The molecule has 1 aromatic carbocycles. The molecular weight excluding hydrogens is 278 g/mol. The minimum Gasteiger partial charge on any atom is -0.391 e. The second-order valence-corrected chi connectivity index (χ2v) is 6.08. The molecule has 0 saturated carbocycles. The number of hydrogen-bond donors (Lipinski definition) is 1. The van der Waals surface area contributed by atoms with Crippen LogP contribution >= 0.6 is 15.9 Å². The Kier molecular flexibility index (Phi) is 3.24. The molecule has 0 aromatic heterocycles. The van der Waals surface area contributed by atoms with E-state index in [-0.39, 0.29) is 6.10 Å². The van der Waals surface area contributed by atoms with Crippen molar-refractivity contribution in [2.45, 2.75) is 31.4 Å². The minimum atomic E-state index is -0.135. The molecular formula is C14H18BrNO. The lowest BCUT2D eigenvalue weighted by Crippen LogP contribution is -2.58. The van der Waals surface area contributed by atoms with Gasteiger partial charge >= 0.3 is 0 Å². The standard InChI is InChI=1S/C14H18BrNO/c15-12-4-2-1-3-11(12)9-13-14(17)10-5-7-16(13)8-6-10/h1-4,10,13-14,17H,5-9H2. The van der Waals surface area contributed by atoms with Crippen molar-refractivity contribution < 1.29 is 5.11 Å². The summed E-state index contributed by atoms with van der Waals surface area (Å²) in [7, 11) is 0. The summed E-state index contributed by atoms with van der Waals surface area (Å²) in [5.74, 6) is 0.535. The van der Waals surface area contributed by atoms with E-state index in [2.05, 4.69) is 39.0 Å². The monoisotopic (exact) mass is 295 g/mol. The zero-order chi connectivity index (χ0) is 11.8. The first kappa shape index (κ1) is 11.7. The molecule has 3 heteroatoms. The maximum absolute atomic E-state index is 10.4. The van der Waals surface area contributed by atoms with Crippen molar-refractivity contribution in [3.8, 4) is 0 Å². The first-order chi connectivity index (χ1) is 8.25. The van der Waals surface area contributed by atoms with Crippen molar-refractivity contribution in [2.24, 2.45) is 5.92 Å². The Morgan fingerprint density at radius 2 is 1.94 bits per heavy atom. The van der Waals surface area contributed by atoms with Crippen molar-refractivity contribution in [1.29, 1.82) is 0 Å². The number of halogens is 1. The summed E-state index contributed by atoms with van der Waals surface area (Å²) in [6.45, 7) is 2.33. The third kappa shape index (κ3) is 2.16. The second kappa shape index (κ2) is 4.71. The van der Waals surface area contributed by atoms with Crippen LogP contribution in [0.4, 0.5) is 0 Å². The Bertz CT molecular complexity index is 399. The van der Waals surface area contributed by atoms with Gasteiger partial charge in [-0.05, 0) is 49.9 Å². The molecule has 0 spiro atoms. The average Bonchev–Trinajstić information content (AvgIpc) is 2.36. The van der Waals surface area contributed by atoms with Crippen LogP contribution in [0.3, 0.4) is 0 Å². The van der Waals surface area contributed by atoms with Gasteiger partial charge < -0.3 is 5.11 Å². The van der Waals surface area contributed by atoms with Crippen LogP contribution in [0.1, 0.15) is 18.4 Å². The third-order valence-corrected chi connectivity index (χ3v) is 5.08. The van der Waals surface area contributed by atoms with Crippen LogP contribution < -0.4 is 0 Å². The first-order valence-corrected chi connectivity index (χ1v) is 7.20. The van der Waals surface area contributed by atoms with Gasteiger partial charge in [-0.1, -0.05) is 34.1 Å². The lowest BCUT2D eigenvalue weighted by atomic mass is 9.78. The zero-order valence-electron chi connectivity index (χ0n) is 9.85. The molecule has 2 unspecified atom stereocenters. The molecule has 0 aliphatic carbocycles. The highest BCUT2D eigenvalue weighted by Crippen LogP contribution is 2.34. The number of fused-ring (bicyclic) bond motifs is 3. The van der Waals surface area contributed by atoms with Gasteiger partial charge in [-0.2, -0.15) is 0 Å². The average molecular weight is 296 g/mol. The zero-order valence-corrected chi connectivity index (χ0v) is 11.4. The van der Waals surface area contributed by atoms with Gasteiger partial charge in [0.05, 0.1) is 6.10 Å². The van der Waals surface area contributed by atoms with Crippen molar-refractivity contribution in [2.75, 3.05) is 13.1 Å². The molecule has 0 radical (unpaired) electrons. The maximum Gasteiger partial charge on any atom is 0.0727 e. The van der Waals surface area contributed by atoms with Crippen LogP contribution in [0.15, 0.2) is 28.7 Å². The Morgan fingerprint density at radius 1 is 1.24 bits per heavy atom. The molecule has 3 saturated heterocycles. The van der Waals surface area contributed by atoms with Crippen molar-refractivity contribution in [3.05, 3.63) is 34.3 Å². The number of rotatable bonds is 2. The van der Waals surface area contributed by atoms with Gasteiger partial charge in [0, 0.05) is 10.5 Å². The highest BCUT2D eigenvalue weighted by molar-refractivity contribution is 9.10. The lowest BCUT2D eigenvalue weighted by molar-refractivity contribution is -0.0715. The summed E-state index contributed by atoms with van der Waals surface area (Å²) in [5.41, 5.74) is 1.31. The van der Waals surface area contributed by atoms with E-state index < -0.39 is 0 Å². The fourth-order valence-corrected chi connectivity index (χ4v) is 3.71. The van der Waals surface area contributed by atoms with Gasteiger partial charge in [0.25, 0.3) is 0 Å². The smallest absolute Gasteiger partial charge is 0.0727 e. The Labute approximate surface area is 111 Å². The van der Waals surface area contributed by atoms with Crippen LogP contribution in [-0.2, 0) is 6.42 Å². The molecule has 3 fully saturated rings. The molecule has 2 bridgehead atoms. The molecule has 2 nitrogen and oxygen atoms in total. The van der Waals surface area contributed by atoms with E-state index in [4.69, 9.17) is 0 Å². The van der Waals surface area contributed by atoms with Gasteiger partial charge in [-0.25, -0.2) is 0 Å². The fourth-order valence-electron chi connectivity index (χ4n) is 3.26. The van der Waals surface area contributed by atoms with E-state index in [1.165, 1.54) is 18.4 Å². The predicted octanol–water partition coefficient (Wildman–Crippen LogP) is 2.45. The summed E-state index contributed by atoms with van der Waals surface area (Å²) in [6, 6.07) is 8.67. The van der Waals surface area contributed by atoms with E-state index in [0.717, 1.165) is 24.0 Å². The molecule has 1 aromatic rings. The normalized spacial score (nSPS) is 36.1. The molecule has 4 rings (SSSR count). The largest absolute Gasteiger partial charge is 0.391 e. The van der Waals surface area contributed by atoms with Gasteiger partial charge in [-0.3, -0.25) is 4.90 Å². The molecule has 0 amide bonds. The van der Waals surface area contributed by atoms with Gasteiger partial charge in [0.1, 0.15) is 0 Å². The lowest BCUT2D eigenvalue weighted by Gasteiger charge is -2.49. The first-order valence-electron chi connectivity index (χ1n) is 6.41. The fraction of sp³-hybridized carbons (Fsp3) is 0.571. The quantitative estimate of drug-likeness (QED) is 0.906. The van der Waals surface area contributed by atoms with Gasteiger partial charge in [0.2, 0.25) is 0 Å². The molecule has 92 valence electrons. The Balaban J connectivity index is 1.79. The number of hydrogen-bond acceptors (Lipinski definition) is 2. The summed E-state index contributed by atoms with van der Waals surface area (Å²) < 4.78 is 1.16. The molecule has 1 N–H and O–H groups in total.